The maximum atomic E-state index is 13.6. The van der Waals surface area contributed by atoms with Gasteiger partial charge in [-0.25, -0.2) is 13.6 Å². The Labute approximate surface area is 156 Å². The molecule has 5 nitrogen and oxygen atoms in total. The highest BCUT2D eigenvalue weighted by molar-refractivity contribution is 5.94. The summed E-state index contributed by atoms with van der Waals surface area (Å²) >= 11 is 0. The van der Waals surface area contributed by atoms with E-state index >= 15 is 0 Å². The van der Waals surface area contributed by atoms with Crippen molar-refractivity contribution >= 4 is 17.6 Å². The number of halogens is 2. The van der Waals surface area contributed by atoms with Gasteiger partial charge in [0.15, 0.2) is 0 Å². The van der Waals surface area contributed by atoms with Gasteiger partial charge in [0.25, 0.3) is 5.91 Å². The lowest BCUT2D eigenvalue weighted by Gasteiger charge is -2.32. The standard InChI is InChI=1S/C20H21F2N3O2/c21-15-5-7-16(8-6-15)24-20(27)25-11-9-14(10-12-25)13-23-19(26)17-3-1-2-4-18(17)22/h1-8,14H,9-13H2,(H,23,26)(H,24,27). The molecule has 3 amide bonds. The molecule has 142 valence electrons. The van der Waals surface area contributed by atoms with E-state index in [-0.39, 0.29) is 23.3 Å². The fourth-order valence-corrected chi connectivity index (χ4v) is 3.05. The number of likely N-dealkylation sites (tertiary alicyclic amines) is 1. The normalized spacial score (nSPS) is 14.7. The van der Waals surface area contributed by atoms with Crippen LogP contribution in [0, 0.1) is 17.6 Å². The van der Waals surface area contributed by atoms with Crippen LogP contribution in [0.4, 0.5) is 19.3 Å². The minimum Gasteiger partial charge on any atom is -0.352 e. The van der Waals surface area contributed by atoms with Gasteiger partial charge in [-0.2, -0.15) is 0 Å². The Balaban J connectivity index is 1.43. The smallest absolute Gasteiger partial charge is 0.321 e. The van der Waals surface area contributed by atoms with Crippen LogP contribution in [0.2, 0.25) is 0 Å². The average Bonchev–Trinajstić information content (AvgIpc) is 2.68. The zero-order valence-corrected chi connectivity index (χ0v) is 14.8. The molecule has 1 saturated heterocycles. The molecule has 0 saturated carbocycles. The predicted octanol–water partition coefficient (Wildman–Crippen LogP) is 3.64. The Kier molecular flexibility index (Phi) is 6.01. The van der Waals surface area contributed by atoms with Crippen LogP contribution in [0.3, 0.4) is 0 Å². The number of nitrogens with zero attached hydrogens (tertiary/aromatic N) is 1. The molecule has 0 atom stereocenters. The van der Waals surface area contributed by atoms with E-state index in [1.54, 1.807) is 17.0 Å². The maximum absolute atomic E-state index is 13.6. The van der Waals surface area contributed by atoms with Crippen molar-refractivity contribution in [3.8, 4) is 0 Å². The van der Waals surface area contributed by atoms with Gasteiger partial charge in [-0.15, -0.1) is 0 Å². The third-order valence-electron chi connectivity index (χ3n) is 4.67. The quantitative estimate of drug-likeness (QED) is 0.860. The van der Waals surface area contributed by atoms with Gasteiger partial charge in [-0.1, -0.05) is 12.1 Å². The van der Waals surface area contributed by atoms with Crippen molar-refractivity contribution in [2.75, 3.05) is 25.0 Å². The first-order chi connectivity index (χ1) is 13.0. The number of carbonyl (C=O) groups is 2. The van der Waals surface area contributed by atoms with Crippen molar-refractivity contribution in [2.45, 2.75) is 12.8 Å². The largest absolute Gasteiger partial charge is 0.352 e. The van der Waals surface area contributed by atoms with Gasteiger partial charge in [0.1, 0.15) is 11.6 Å². The van der Waals surface area contributed by atoms with Gasteiger partial charge in [0, 0.05) is 25.3 Å². The predicted molar refractivity (Wildman–Crippen MR) is 98.4 cm³/mol. The van der Waals surface area contributed by atoms with E-state index in [1.807, 2.05) is 0 Å². The van der Waals surface area contributed by atoms with Crippen molar-refractivity contribution in [3.05, 3.63) is 65.7 Å². The molecular weight excluding hydrogens is 352 g/mol. The van der Waals surface area contributed by atoms with Crippen LogP contribution < -0.4 is 10.6 Å². The summed E-state index contributed by atoms with van der Waals surface area (Å²) in [5.41, 5.74) is 0.578. The first-order valence-electron chi connectivity index (χ1n) is 8.87. The Morgan fingerprint density at radius 1 is 1.00 bits per heavy atom. The number of urea groups is 1. The fraction of sp³-hybridized carbons (Fsp3) is 0.300. The molecule has 7 heteroatoms. The number of hydrogen-bond donors (Lipinski definition) is 2. The lowest BCUT2D eigenvalue weighted by molar-refractivity contribution is 0.0934. The first kappa shape index (κ1) is 18.8. The van der Waals surface area contributed by atoms with Crippen molar-refractivity contribution in [1.29, 1.82) is 0 Å². The van der Waals surface area contributed by atoms with Crippen molar-refractivity contribution in [2.24, 2.45) is 5.92 Å². The van der Waals surface area contributed by atoms with E-state index < -0.39 is 11.7 Å². The van der Waals surface area contributed by atoms with Crippen LogP contribution in [-0.4, -0.2) is 36.5 Å². The summed E-state index contributed by atoms with van der Waals surface area (Å²) in [6.07, 6.45) is 1.49. The molecule has 1 fully saturated rings. The first-order valence-corrected chi connectivity index (χ1v) is 8.87. The Morgan fingerprint density at radius 2 is 1.67 bits per heavy atom. The van der Waals surface area contributed by atoms with Gasteiger partial charge < -0.3 is 15.5 Å². The van der Waals surface area contributed by atoms with Gasteiger partial charge in [0.05, 0.1) is 5.56 Å². The molecule has 27 heavy (non-hydrogen) atoms. The highest BCUT2D eigenvalue weighted by atomic mass is 19.1. The zero-order chi connectivity index (χ0) is 19.2. The molecule has 3 rings (SSSR count). The third kappa shape index (κ3) is 5.03. The number of nitrogens with one attached hydrogen (secondary N) is 2. The van der Waals surface area contributed by atoms with Crippen molar-refractivity contribution in [1.82, 2.24) is 10.2 Å². The molecule has 1 aliphatic heterocycles. The number of anilines is 1. The molecule has 1 heterocycles. The minimum atomic E-state index is -0.540. The Morgan fingerprint density at radius 3 is 2.33 bits per heavy atom. The lowest BCUT2D eigenvalue weighted by atomic mass is 9.97. The van der Waals surface area contributed by atoms with E-state index in [1.165, 1.54) is 36.4 Å². The summed E-state index contributed by atoms with van der Waals surface area (Å²) in [6, 6.07) is 11.3. The molecule has 0 aromatic heterocycles. The fourth-order valence-electron chi connectivity index (χ4n) is 3.05. The second-order valence-corrected chi connectivity index (χ2v) is 6.56. The molecule has 0 bridgehead atoms. The highest BCUT2D eigenvalue weighted by Crippen LogP contribution is 2.18. The van der Waals surface area contributed by atoms with Crippen LogP contribution >= 0.6 is 0 Å². The monoisotopic (exact) mass is 373 g/mol. The summed E-state index contributed by atoms with van der Waals surface area (Å²) in [5.74, 6) is -1.09. The second-order valence-electron chi connectivity index (χ2n) is 6.56. The van der Waals surface area contributed by atoms with Gasteiger partial charge >= 0.3 is 6.03 Å². The average molecular weight is 373 g/mol. The summed E-state index contributed by atoms with van der Waals surface area (Å²) in [7, 11) is 0. The summed E-state index contributed by atoms with van der Waals surface area (Å²) in [5, 5.41) is 5.51. The molecule has 0 aliphatic carbocycles. The number of carbonyl (C=O) groups excluding carboxylic acids is 2. The molecule has 0 unspecified atom stereocenters. The summed E-state index contributed by atoms with van der Waals surface area (Å²) in [4.78, 5) is 26.0. The number of amides is 3. The molecule has 0 spiro atoms. The van der Waals surface area contributed by atoms with E-state index in [0.29, 0.717) is 25.3 Å². The van der Waals surface area contributed by atoms with E-state index in [0.717, 1.165) is 12.8 Å². The van der Waals surface area contributed by atoms with Crippen LogP contribution in [0.25, 0.3) is 0 Å². The van der Waals surface area contributed by atoms with Crippen LogP contribution in [0.1, 0.15) is 23.2 Å². The minimum absolute atomic E-state index is 0.0358. The van der Waals surface area contributed by atoms with Gasteiger partial charge in [0.2, 0.25) is 0 Å². The SMILES string of the molecule is O=C(NCC1CCN(C(=O)Nc2ccc(F)cc2)CC1)c1ccccc1F. The van der Waals surface area contributed by atoms with E-state index in [4.69, 9.17) is 0 Å². The van der Waals surface area contributed by atoms with Crippen molar-refractivity contribution in [3.63, 3.8) is 0 Å². The van der Waals surface area contributed by atoms with Crippen LogP contribution in [-0.2, 0) is 0 Å². The van der Waals surface area contributed by atoms with Crippen LogP contribution in [0.15, 0.2) is 48.5 Å². The van der Waals surface area contributed by atoms with E-state index in [2.05, 4.69) is 10.6 Å². The van der Waals surface area contributed by atoms with Gasteiger partial charge in [-0.3, -0.25) is 4.79 Å². The molecule has 2 N–H and O–H groups in total. The number of rotatable bonds is 4. The zero-order valence-electron chi connectivity index (χ0n) is 14.8. The number of piperidine rings is 1. The summed E-state index contributed by atoms with van der Waals surface area (Å²) in [6.45, 7) is 1.57. The maximum Gasteiger partial charge on any atom is 0.321 e. The van der Waals surface area contributed by atoms with Gasteiger partial charge in [-0.05, 0) is 55.2 Å². The van der Waals surface area contributed by atoms with E-state index in [9.17, 15) is 18.4 Å². The number of benzene rings is 2. The summed E-state index contributed by atoms with van der Waals surface area (Å²) < 4.78 is 26.5. The third-order valence-corrected chi connectivity index (χ3v) is 4.67. The van der Waals surface area contributed by atoms with Crippen LogP contribution in [0.5, 0.6) is 0 Å². The molecular formula is C20H21F2N3O2. The van der Waals surface area contributed by atoms with Crippen molar-refractivity contribution < 1.29 is 18.4 Å². The molecule has 0 radical (unpaired) electrons. The molecule has 1 aliphatic rings. The Hall–Kier alpha value is -2.96. The Bertz CT molecular complexity index is 803. The molecule has 2 aromatic rings. The number of hydrogen-bond acceptors (Lipinski definition) is 2. The second kappa shape index (κ2) is 8.62. The molecule has 2 aromatic carbocycles. The lowest BCUT2D eigenvalue weighted by Crippen LogP contribution is -2.43. The topological polar surface area (TPSA) is 61.4 Å². The highest BCUT2D eigenvalue weighted by Gasteiger charge is 2.23.